The topological polar surface area (TPSA) is 56.6 Å². The standard InChI is InChI=1S/C23H18F5N3O3/c24-21(25)33-17-7-3-2-6-15(17)20(32)30-11-9-22(10-12-30)16-13-29-31(23(26,27)28)19(16)14-5-1-4-8-18(14)34-22/h1-8,13,21H,9-12H2. The van der Waals surface area contributed by atoms with Crippen LogP contribution < -0.4 is 9.47 Å². The van der Waals surface area contributed by atoms with Gasteiger partial charge in [0.15, 0.2) is 0 Å². The van der Waals surface area contributed by atoms with Gasteiger partial charge in [-0.25, -0.2) is 0 Å². The van der Waals surface area contributed by atoms with Gasteiger partial charge in [-0.05, 0) is 24.3 Å². The molecule has 3 heterocycles. The van der Waals surface area contributed by atoms with Crippen LogP contribution >= 0.6 is 0 Å². The molecule has 2 aliphatic rings. The molecule has 1 aromatic heterocycles. The van der Waals surface area contributed by atoms with Gasteiger partial charge >= 0.3 is 12.9 Å². The normalized spacial score (nSPS) is 16.7. The van der Waals surface area contributed by atoms with Gasteiger partial charge in [-0.3, -0.25) is 4.79 Å². The fraction of sp³-hybridized carbons (Fsp3) is 0.304. The molecule has 0 saturated carbocycles. The molecule has 0 N–H and O–H groups in total. The number of carbonyl (C=O) groups excluding carboxylic acids is 1. The summed E-state index contributed by atoms with van der Waals surface area (Å²) in [6.45, 7) is -2.81. The van der Waals surface area contributed by atoms with Crippen LogP contribution in [0.3, 0.4) is 0 Å². The predicted molar refractivity (Wildman–Crippen MR) is 109 cm³/mol. The predicted octanol–water partition coefficient (Wildman–Crippen LogP) is 5.15. The lowest BCUT2D eigenvalue weighted by Crippen LogP contribution is -2.49. The Morgan fingerprint density at radius 2 is 1.74 bits per heavy atom. The summed E-state index contributed by atoms with van der Waals surface area (Å²) in [4.78, 5) is 14.5. The minimum Gasteiger partial charge on any atom is -0.482 e. The number of para-hydroxylation sites is 2. The third kappa shape index (κ3) is 3.64. The number of hydrogen-bond donors (Lipinski definition) is 0. The van der Waals surface area contributed by atoms with Crippen molar-refractivity contribution in [1.29, 1.82) is 0 Å². The summed E-state index contributed by atoms with van der Waals surface area (Å²) in [6, 6.07) is 12.1. The summed E-state index contributed by atoms with van der Waals surface area (Å²) in [6.07, 6.45) is -3.16. The molecular formula is C23H18F5N3O3. The molecule has 34 heavy (non-hydrogen) atoms. The maximum Gasteiger partial charge on any atom is 0.505 e. The number of fused-ring (bicyclic) bond motifs is 4. The maximum absolute atomic E-state index is 13.7. The van der Waals surface area contributed by atoms with Crippen LogP contribution in [0.25, 0.3) is 11.3 Å². The molecule has 1 spiro atoms. The zero-order chi connectivity index (χ0) is 24.1. The van der Waals surface area contributed by atoms with Crippen molar-refractivity contribution in [2.45, 2.75) is 31.4 Å². The first-order chi connectivity index (χ1) is 16.2. The SMILES string of the molecule is O=C(c1ccccc1OC(F)F)N1CCC2(CC1)Oc1ccccc1-c1c2cnn1C(F)(F)F. The molecule has 0 unspecified atom stereocenters. The van der Waals surface area contributed by atoms with Crippen molar-refractivity contribution in [3.63, 3.8) is 0 Å². The zero-order valence-corrected chi connectivity index (χ0v) is 17.6. The number of amides is 1. The first-order valence-electron chi connectivity index (χ1n) is 10.5. The molecule has 6 nitrogen and oxygen atoms in total. The second-order valence-electron chi connectivity index (χ2n) is 8.05. The molecule has 11 heteroatoms. The molecule has 2 aliphatic heterocycles. The minimum absolute atomic E-state index is 0.0146. The number of carbonyl (C=O) groups is 1. The number of piperidine rings is 1. The van der Waals surface area contributed by atoms with E-state index in [4.69, 9.17) is 4.74 Å². The molecule has 2 aromatic carbocycles. The summed E-state index contributed by atoms with van der Waals surface area (Å²) in [7, 11) is 0. The molecule has 178 valence electrons. The van der Waals surface area contributed by atoms with Crippen molar-refractivity contribution < 1.29 is 36.2 Å². The third-order valence-corrected chi connectivity index (χ3v) is 6.14. The van der Waals surface area contributed by atoms with E-state index in [1.807, 2.05) is 0 Å². The van der Waals surface area contributed by atoms with Crippen molar-refractivity contribution in [2.75, 3.05) is 13.1 Å². The second-order valence-corrected chi connectivity index (χ2v) is 8.05. The number of rotatable bonds is 3. The average Bonchev–Trinajstić information content (AvgIpc) is 3.27. The fourth-order valence-corrected chi connectivity index (χ4v) is 4.60. The van der Waals surface area contributed by atoms with Gasteiger partial charge in [-0.15, -0.1) is 13.2 Å². The van der Waals surface area contributed by atoms with Gasteiger partial charge in [0.05, 0.1) is 17.5 Å². The van der Waals surface area contributed by atoms with Gasteiger partial charge < -0.3 is 14.4 Å². The van der Waals surface area contributed by atoms with Gasteiger partial charge in [0.2, 0.25) is 0 Å². The monoisotopic (exact) mass is 479 g/mol. The van der Waals surface area contributed by atoms with Crippen LogP contribution in [0, 0.1) is 0 Å². The highest BCUT2D eigenvalue weighted by molar-refractivity contribution is 5.97. The minimum atomic E-state index is -4.72. The Morgan fingerprint density at radius 1 is 1.06 bits per heavy atom. The van der Waals surface area contributed by atoms with E-state index in [0.29, 0.717) is 11.3 Å². The Morgan fingerprint density at radius 3 is 2.44 bits per heavy atom. The summed E-state index contributed by atoms with van der Waals surface area (Å²) in [5.41, 5.74) is -0.612. The smallest absolute Gasteiger partial charge is 0.482 e. The van der Waals surface area contributed by atoms with Crippen molar-refractivity contribution in [3.8, 4) is 22.8 Å². The quantitative estimate of drug-likeness (QED) is 0.488. The van der Waals surface area contributed by atoms with Crippen LogP contribution in [-0.4, -0.2) is 40.3 Å². The van der Waals surface area contributed by atoms with Crippen LogP contribution in [-0.2, 0) is 11.9 Å². The second kappa shape index (κ2) is 8.00. The van der Waals surface area contributed by atoms with E-state index in [1.165, 1.54) is 35.4 Å². The van der Waals surface area contributed by atoms with Crippen LogP contribution in [0.5, 0.6) is 11.5 Å². The summed E-state index contributed by atoms with van der Waals surface area (Å²) >= 11 is 0. The summed E-state index contributed by atoms with van der Waals surface area (Å²) in [5, 5.41) is 3.60. The molecule has 1 fully saturated rings. The van der Waals surface area contributed by atoms with E-state index in [0.717, 1.165) is 0 Å². The number of likely N-dealkylation sites (tertiary alicyclic amines) is 1. The van der Waals surface area contributed by atoms with Gasteiger partial charge in [-0.1, -0.05) is 24.3 Å². The molecular weight excluding hydrogens is 461 g/mol. The van der Waals surface area contributed by atoms with Crippen molar-refractivity contribution in [3.05, 3.63) is 65.9 Å². The van der Waals surface area contributed by atoms with Crippen molar-refractivity contribution >= 4 is 5.91 Å². The lowest BCUT2D eigenvalue weighted by Gasteiger charge is -2.44. The molecule has 1 amide bonds. The highest BCUT2D eigenvalue weighted by Gasteiger charge is 2.49. The van der Waals surface area contributed by atoms with Gasteiger partial charge in [-0.2, -0.15) is 18.6 Å². The van der Waals surface area contributed by atoms with E-state index in [2.05, 4.69) is 9.84 Å². The Labute approximate surface area is 190 Å². The Kier molecular flexibility index (Phi) is 5.22. The molecule has 0 radical (unpaired) electrons. The van der Waals surface area contributed by atoms with E-state index < -0.39 is 24.4 Å². The summed E-state index contributed by atoms with van der Waals surface area (Å²) in [5.74, 6) is -0.440. The number of alkyl halides is 5. The van der Waals surface area contributed by atoms with Gasteiger partial charge in [0.1, 0.15) is 17.1 Å². The number of hydrogen-bond acceptors (Lipinski definition) is 4. The number of nitrogens with zero attached hydrogens (tertiary/aromatic N) is 3. The first kappa shape index (κ1) is 22.2. The van der Waals surface area contributed by atoms with Gasteiger partial charge in [0.25, 0.3) is 5.91 Å². The molecule has 5 rings (SSSR count). The number of halogens is 5. The number of benzene rings is 2. The third-order valence-electron chi connectivity index (χ3n) is 6.14. The van der Waals surface area contributed by atoms with Gasteiger partial charge in [0, 0.05) is 37.1 Å². The van der Waals surface area contributed by atoms with Crippen LogP contribution in [0.4, 0.5) is 22.0 Å². The highest BCUT2D eigenvalue weighted by Crippen LogP contribution is 2.50. The number of aromatic nitrogens is 2. The Balaban J connectivity index is 1.45. The molecule has 1 saturated heterocycles. The largest absolute Gasteiger partial charge is 0.505 e. The van der Waals surface area contributed by atoms with E-state index in [1.54, 1.807) is 24.3 Å². The molecule has 0 atom stereocenters. The summed E-state index contributed by atoms with van der Waals surface area (Å²) < 4.78 is 77.3. The molecule has 0 aliphatic carbocycles. The van der Waals surface area contributed by atoms with Crippen molar-refractivity contribution in [1.82, 2.24) is 14.7 Å². The lowest BCUT2D eigenvalue weighted by molar-refractivity contribution is -0.211. The fourth-order valence-electron chi connectivity index (χ4n) is 4.60. The Bertz CT molecular complexity index is 1230. The maximum atomic E-state index is 13.7. The zero-order valence-electron chi connectivity index (χ0n) is 17.6. The van der Waals surface area contributed by atoms with Crippen molar-refractivity contribution in [2.24, 2.45) is 0 Å². The molecule has 0 bridgehead atoms. The highest BCUT2D eigenvalue weighted by atomic mass is 19.4. The Hall–Kier alpha value is -3.63. The van der Waals surface area contributed by atoms with Crippen LogP contribution in [0.15, 0.2) is 54.7 Å². The van der Waals surface area contributed by atoms with E-state index in [9.17, 15) is 26.7 Å². The van der Waals surface area contributed by atoms with E-state index in [-0.39, 0.29) is 53.2 Å². The lowest BCUT2D eigenvalue weighted by atomic mass is 9.81. The van der Waals surface area contributed by atoms with Crippen LogP contribution in [0.2, 0.25) is 0 Å². The van der Waals surface area contributed by atoms with Crippen LogP contribution in [0.1, 0.15) is 28.8 Å². The van der Waals surface area contributed by atoms with E-state index >= 15 is 0 Å². The molecule has 3 aromatic rings. The average molecular weight is 479 g/mol. The first-order valence-corrected chi connectivity index (χ1v) is 10.5. The number of ether oxygens (including phenoxy) is 2.